The van der Waals surface area contributed by atoms with Gasteiger partial charge in [0.05, 0.1) is 0 Å². The summed E-state index contributed by atoms with van der Waals surface area (Å²) < 4.78 is 0. The lowest BCUT2D eigenvalue weighted by atomic mass is 9.79. The average molecular weight is 302 g/mol. The minimum atomic E-state index is 0.282. The van der Waals surface area contributed by atoms with E-state index in [4.69, 9.17) is 0 Å². The van der Waals surface area contributed by atoms with E-state index in [9.17, 15) is 9.59 Å². The highest BCUT2D eigenvalue weighted by Gasteiger charge is 2.25. The van der Waals surface area contributed by atoms with Gasteiger partial charge in [-0.05, 0) is 57.4 Å². The average Bonchev–Trinajstić information content (AvgIpc) is 2.45. The number of hydrogen-bond donors (Lipinski definition) is 0. The highest BCUT2D eigenvalue weighted by Crippen LogP contribution is 2.29. The molecular weight excluding hydrogens is 272 g/mol. The fourth-order valence-electron chi connectivity index (χ4n) is 2.86. The number of carbonyl (C=O) groups is 2. The van der Waals surface area contributed by atoms with Crippen LogP contribution < -0.4 is 0 Å². The van der Waals surface area contributed by atoms with Crippen LogP contribution in [-0.2, 0) is 9.59 Å². The van der Waals surface area contributed by atoms with Gasteiger partial charge in [-0.25, -0.2) is 0 Å². The predicted molar refractivity (Wildman–Crippen MR) is 92.6 cm³/mol. The fourth-order valence-corrected chi connectivity index (χ4v) is 2.86. The van der Waals surface area contributed by atoms with Crippen molar-refractivity contribution in [3.05, 3.63) is 36.0 Å². The van der Waals surface area contributed by atoms with Crippen molar-refractivity contribution in [2.75, 3.05) is 0 Å². The van der Waals surface area contributed by atoms with Gasteiger partial charge in [0.25, 0.3) is 0 Å². The second-order valence-corrected chi connectivity index (χ2v) is 6.99. The maximum atomic E-state index is 11.3. The number of carbonyl (C=O) groups excluding carboxylic acids is 2. The lowest BCUT2D eigenvalue weighted by Crippen LogP contribution is -2.22. The largest absolute Gasteiger partial charge is 0.299 e. The summed E-state index contributed by atoms with van der Waals surface area (Å²) in [5.74, 6) is 1.86. The molecule has 0 radical (unpaired) electrons. The summed E-state index contributed by atoms with van der Waals surface area (Å²) >= 11 is 0. The summed E-state index contributed by atoms with van der Waals surface area (Å²) in [6.07, 6.45) is 6.62. The molecule has 0 N–H and O–H groups in total. The highest BCUT2D eigenvalue weighted by molar-refractivity contribution is 5.95. The molecule has 2 aliphatic carbocycles. The Labute approximate surface area is 135 Å². The molecule has 0 aromatic carbocycles. The van der Waals surface area contributed by atoms with Gasteiger partial charge in [-0.2, -0.15) is 0 Å². The van der Waals surface area contributed by atoms with E-state index in [0.717, 1.165) is 36.8 Å². The van der Waals surface area contributed by atoms with E-state index in [1.807, 2.05) is 33.8 Å². The van der Waals surface area contributed by atoms with Gasteiger partial charge in [-0.1, -0.05) is 37.3 Å². The van der Waals surface area contributed by atoms with Gasteiger partial charge < -0.3 is 0 Å². The number of ketones is 2. The number of hydrogen-bond acceptors (Lipinski definition) is 2. The second-order valence-electron chi connectivity index (χ2n) is 6.99. The molecule has 0 saturated heterocycles. The van der Waals surface area contributed by atoms with Gasteiger partial charge in [0, 0.05) is 18.8 Å². The molecule has 2 aliphatic rings. The Morgan fingerprint density at radius 2 is 1.64 bits per heavy atom. The molecule has 0 bridgehead atoms. The highest BCUT2D eigenvalue weighted by atomic mass is 16.1. The van der Waals surface area contributed by atoms with Crippen molar-refractivity contribution < 1.29 is 9.59 Å². The molecule has 2 heteroatoms. The SMILES string of the molecule is C=C(C)C1CC=C(C)C(=O)C1.C=C(C)[C@@H]1CC[C@@H](C)C(=O)C1. The zero-order valence-electron chi connectivity index (χ0n) is 14.6. The summed E-state index contributed by atoms with van der Waals surface area (Å²) in [4.78, 5) is 22.5. The lowest BCUT2D eigenvalue weighted by molar-refractivity contribution is -0.125. The van der Waals surface area contributed by atoms with Crippen LogP contribution in [0.15, 0.2) is 36.0 Å². The van der Waals surface area contributed by atoms with Crippen LogP contribution in [0.4, 0.5) is 0 Å². The Bertz CT molecular complexity index is 496. The maximum Gasteiger partial charge on any atom is 0.158 e. The normalized spacial score (nSPS) is 28.4. The van der Waals surface area contributed by atoms with E-state index in [1.165, 1.54) is 5.57 Å². The van der Waals surface area contributed by atoms with E-state index in [-0.39, 0.29) is 5.78 Å². The van der Waals surface area contributed by atoms with Crippen LogP contribution >= 0.6 is 0 Å². The first kappa shape index (κ1) is 18.6. The Morgan fingerprint density at radius 3 is 2.09 bits per heavy atom. The van der Waals surface area contributed by atoms with Crippen molar-refractivity contribution in [3.8, 4) is 0 Å². The van der Waals surface area contributed by atoms with Gasteiger partial charge in [0.15, 0.2) is 5.78 Å². The topological polar surface area (TPSA) is 34.1 Å². The van der Waals surface area contributed by atoms with Crippen LogP contribution in [0.5, 0.6) is 0 Å². The molecule has 0 heterocycles. The van der Waals surface area contributed by atoms with E-state index in [0.29, 0.717) is 30.0 Å². The van der Waals surface area contributed by atoms with Crippen molar-refractivity contribution in [1.29, 1.82) is 0 Å². The molecule has 1 unspecified atom stereocenters. The summed E-state index contributed by atoms with van der Waals surface area (Å²) in [6.45, 7) is 15.7. The van der Waals surface area contributed by atoms with Crippen LogP contribution in [0.2, 0.25) is 0 Å². The predicted octanol–water partition coefficient (Wildman–Crippen LogP) is 5.06. The molecular formula is C20H30O2. The number of Topliss-reactive ketones (excluding diaryl/α,β-unsaturated/α-hetero) is 2. The molecule has 0 spiro atoms. The lowest BCUT2D eigenvalue weighted by Gasteiger charge is -2.25. The Morgan fingerprint density at radius 1 is 1.05 bits per heavy atom. The van der Waals surface area contributed by atoms with Gasteiger partial charge >= 0.3 is 0 Å². The van der Waals surface area contributed by atoms with Crippen LogP contribution in [0.25, 0.3) is 0 Å². The number of rotatable bonds is 2. The third-order valence-corrected chi connectivity index (χ3v) is 4.92. The molecule has 1 saturated carbocycles. The summed E-state index contributed by atoms with van der Waals surface area (Å²) in [5.41, 5.74) is 3.22. The van der Waals surface area contributed by atoms with Crippen molar-refractivity contribution in [3.63, 3.8) is 0 Å². The molecule has 0 aromatic heterocycles. The Hall–Kier alpha value is -1.44. The third kappa shape index (κ3) is 5.40. The van der Waals surface area contributed by atoms with Gasteiger partial charge in [-0.15, -0.1) is 0 Å². The van der Waals surface area contributed by atoms with Gasteiger partial charge in [-0.3, -0.25) is 9.59 Å². The molecule has 1 fully saturated rings. The zero-order chi connectivity index (χ0) is 16.9. The van der Waals surface area contributed by atoms with Crippen LogP contribution in [0, 0.1) is 17.8 Å². The molecule has 0 aliphatic heterocycles. The molecule has 22 heavy (non-hydrogen) atoms. The van der Waals surface area contributed by atoms with Crippen molar-refractivity contribution >= 4 is 11.6 Å². The summed E-state index contributed by atoms with van der Waals surface area (Å²) in [6, 6.07) is 0. The first-order chi connectivity index (χ1) is 10.2. The van der Waals surface area contributed by atoms with Gasteiger partial charge in [0.1, 0.15) is 5.78 Å². The zero-order valence-corrected chi connectivity index (χ0v) is 14.6. The summed E-state index contributed by atoms with van der Waals surface area (Å²) in [5, 5.41) is 0. The molecule has 122 valence electrons. The van der Waals surface area contributed by atoms with E-state index < -0.39 is 0 Å². The molecule has 3 atom stereocenters. The minimum Gasteiger partial charge on any atom is -0.299 e. The smallest absolute Gasteiger partial charge is 0.158 e. The minimum absolute atomic E-state index is 0.282. The Kier molecular flexibility index (Phi) is 6.99. The van der Waals surface area contributed by atoms with Crippen LogP contribution in [0.1, 0.15) is 59.8 Å². The second kappa shape index (κ2) is 8.26. The Balaban J connectivity index is 0.000000220. The van der Waals surface area contributed by atoms with E-state index in [2.05, 4.69) is 13.2 Å². The van der Waals surface area contributed by atoms with Crippen LogP contribution in [0.3, 0.4) is 0 Å². The van der Waals surface area contributed by atoms with Crippen molar-refractivity contribution in [1.82, 2.24) is 0 Å². The molecule has 0 aromatic rings. The first-order valence-corrected chi connectivity index (χ1v) is 8.25. The third-order valence-electron chi connectivity index (χ3n) is 4.92. The van der Waals surface area contributed by atoms with Crippen molar-refractivity contribution in [2.24, 2.45) is 17.8 Å². The molecule has 2 rings (SSSR count). The van der Waals surface area contributed by atoms with E-state index >= 15 is 0 Å². The summed E-state index contributed by atoms with van der Waals surface area (Å²) in [7, 11) is 0. The number of allylic oxidation sites excluding steroid dienone is 4. The monoisotopic (exact) mass is 302 g/mol. The maximum absolute atomic E-state index is 11.3. The molecule has 0 amide bonds. The van der Waals surface area contributed by atoms with Gasteiger partial charge in [0.2, 0.25) is 0 Å². The van der Waals surface area contributed by atoms with E-state index in [1.54, 1.807) is 0 Å². The van der Waals surface area contributed by atoms with Crippen LogP contribution in [-0.4, -0.2) is 11.6 Å². The standard InChI is InChI=1S/C10H16O.C10H14O/c2*1-7(2)9-5-4-8(3)10(11)6-9/h8-9H,1,4-6H2,2-3H3;4,9H,1,5-6H2,2-3H3/t8-,9-;/m1./s1. The fraction of sp³-hybridized carbons (Fsp3) is 0.600. The quantitative estimate of drug-likeness (QED) is 0.668. The molecule has 2 nitrogen and oxygen atoms in total. The van der Waals surface area contributed by atoms with Crippen molar-refractivity contribution in [2.45, 2.75) is 59.8 Å². The first-order valence-electron chi connectivity index (χ1n) is 8.25.